The van der Waals surface area contributed by atoms with Crippen LogP contribution in [0.3, 0.4) is 0 Å². The van der Waals surface area contributed by atoms with Gasteiger partial charge in [0.15, 0.2) is 0 Å². The van der Waals surface area contributed by atoms with Crippen LogP contribution in [0.25, 0.3) is 0 Å². The van der Waals surface area contributed by atoms with Crippen molar-refractivity contribution in [3.05, 3.63) is 89.1 Å². The summed E-state index contributed by atoms with van der Waals surface area (Å²) in [5.41, 5.74) is 2.47. The van der Waals surface area contributed by atoms with Gasteiger partial charge >= 0.3 is 0 Å². The third-order valence-corrected chi connectivity index (χ3v) is 4.44. The second-order valence-corrected chi connectivity index (χ2v) is 6.17. The standard InChI is InChI=1S/C21H20ClN3O/c1-2-25(18-9-4-3-5-10-18)20-13-12-17(15-23-20)21(26)24-14-16-8-6-7-11-19(16)22/h3-13,15H,2,14H2,1H3,(H,24,26). The quantitative estimate of drug-likeness (QED) is 0.681. The zero-order valence-corrected chi connectivity index (χ0v) is 15.3. The highest BCUT2D eigenvalue weighted by Gasteiger charge is 2.11. The fraction of sp³-hybridized carbons (Fsp3) is 0.143. The molecule has 0 saturated heterocycles. The number of rotatable bonds is 6. The van der Waals surface area contributed by atoms with Crippen molar-refractivity contribution in [2.75, 3.05) is 11.4 Å². The minimum absolute atomic E-state index is 0.174. The summed E-state index contributed by atoms with van der Waals surface area (Å²) in [5, 5.41) is 3.51. The summed E-state index contributed by atoms with van der Waals surface area (Å²) in [6.07, 6.45) is 1.60. The molecule has 5 heteroatoms. The molecule has 0 saturated carbocycles. The lowest BCUT2D eigenvalue weighted by Crippen LogP contribution is -2.23. The molecule has 0 atom stereocenters. The van der Waals surface area contributed by atoms with E-state index in [2.05, 4.69) is 22.1 Å². The van der Waals surface area contributed by atoms with E-state index in [1.807, 2.05) is 60.7 Å². The highest BCUT2D eigenvalue weighted by atomic mass is 35.5. The fourth-order valence-electron chi connectivity index (χ4n) is 2.68. The van der Waals surface area contributed by atoms with Gasteiger partial charge in [-0.1, -0.05) is 48.0 Å². The second kappa shape index (κ2) is 8.50. The Morgan fingerprint density at radius 3 is 2.42 bits per heavy atom. The molecule has 26 heavy (non-hydrogen) atoms. The van der Waals surface area contributed by atoms with Crippen LogP contribution in [0.5, 0.6) is 0 Å². The molecule has 0 unspecified atom stereocenters. The summed E-state index contributed by atoms with van der Waals surface area (Å²) in [6.45, 7) is 3.24. The van der Waals surface area contributed by atoms with Crippen LogP contribution in [-0.4, -0.2) is 17.4 Å². The van der Waals surface area contributed by atoms with Gasteiger partial charge in [-0.05, 0) is 42.8 Å². The van der Waals surface area contributed by atoms with Gasteiger partial charge in [-0.3, -0.25) is 4.79 Å². The van der Waals surface area contributed by atoms with Crippen LogP contribution in [0.4, 0.5) is 11.5 Å². The van der Waals surface area contributed by atoms with Gasteiger partial charge in [0.05, 0.1) is 5.56 Å². The van der Waals surface area contributed by atoms with Gasteiger partial charge in [0.2, 0.25) is 0 Å². The molecule has 2 aromatic carbocycles. The van der Waals surface area contributed by atoms with Crippen molar-refractivity contribution >= 4 is 29.0 Å². The maximum Gasteiger partial charge on any atom is 0.253 e. The van der Waals surface area contributed by atoms with Crippen molar-refractivity contribution < 1.29 is 4.79 Å². The van der Waals surface area contributed by atoms with Crippen molar-refractivity contribution in [2.24, 2.45) is 0 Å². The van der Waals surface area contributed by atoms with Crippen LogP contribution in [-0.2, 0) is 6.54 Å². The number of hydrogen-bond acceptors (Lipinski definition) is 3. The van der Waals surface area contributed by atoms with E-state index in [9.17, 15) is 4.79 Å². The Hall–Kier alpha value is -2.85. The van der Waals surface area contributed by atoms with Crippen LogP contribution < -0.4 is 10.2 Å². The molecule has 1 N–H and O–H groups in total. The number of benzene rings is 2. The maximum atomic E-state index is 12.3. The Labute approximate surface area is 158 Å². The normalized spacial score (nSPS) is 10.4. The molecule has 1 aromatic heterocycles. The number of halogens is 1. The maximum absolute atomic E-state index is 12.3. The summed E-state index contributed by atoms with van der Waals surface area (Å²) in [6, 6.07) is 21.2. The van der Waals surface area contributed by atoms with Crippen molar-refractivity contribution in [2.45, 2.75) is 13.5 Å². The first-order valence-electron chi connectivity index (χ1n) is 8.49. The van der Waals surface area contributed by atoms with E-state index >= 15 is 0 Å². The number of hydrogen-bond donors (Lipinski definition) is 1. The molecular weight excluding hydrogens is 346 g/mol. The van der Waals surface area contributed by atoms with Gasteiger partial charge in [0.25, 0.3) is 5.91 Å². The lowest BCUT2D eigenvalue weighted by atomic mass is 10.2. The first kappa shape index (κ1) is 18.0. The van der Waals surface area contributed by atoms with E-state index in [4.69, 9.17) is 11.6 Å². The molecule has 0 aliphatic heterocycles. The number of anilines is 2. The number of amides is 1. The molecule has 3 aromatic rings. The van der Waals surface area contributed by atoms with E-state index in [1.165, 1.54) is 0 Å². The molecule has 0 spiro atoms. The average molecular weight is 366 g/mol. The lowest BCUT2D eigenvalue weighted by Gasteiger charge is -2.22. The number of pyridine rings is 1. The molecule has 3 rings (SSSR count). The van der Waals surface area contributed by atoms with Crippen molar-refractivity contribution in [1.82, 2.24) is 10.3 Å². The number of aromatic nitrogens is 1. The summed E-state index contributed by atoms with van der Waals surface area (Å²) in [7, 11) is 0. The number of para-hydroxylation sites is 1. The lowest BCUT2D eigenvalue weighted by molar-refractivity contribution is 0.0950. The Morgan fingerprint density at radius 1 is 1.04 bits per heavy atom. The smallest absolute Gasteiger partial charge is 0.253 e. The second-order valence-electron chi connectivity index (χ2n) is 5.76. The van der Waals surface area contributed by atoms with Gasteiger partial charge in [-0.15, -0.1) is 0 Å². The average Bonchev–Trinajstić information content (AvgIpc) is 2.69. The van der Waals surface area contributed by atoms with Gasteiger partial charge in [-0.2, -0.15) is 0 Å². The van der Waals surface area contributed by atoms with Crippen molar-refractivity contribution in [3.8, 4) is 0 Å². The topological polar surface area (TPSA) is 45.2 Å². The fourth-order valence-corrected chi connectivity index (χ4v) is 2.89. The van der Waals surface area contributed by atoms with E-state index in [0.717, 1.165) is 23.6 Å². The number of carbonyl (C=O) groups is 1. The Bertz CT molecular complexity index is 866. The zero-order chi connectivity index (χ0) is 18.4. The zero-order valence-electron chi connectivity index (χ0n) is 14.5. The van der Waals surface area contributed by atoms with E-state index in [0.29, 0.717) is 17.1 Å². The molecule has 0 fully saturated rings. The monoisotopic (exact) mass is 365 g/mol. The summed E-state index contributed by atoms with van der Waals surface area (Å²) in [4.78, 5) is 18.9. The molecule has 0 radical (unpaired) electrons. The number of nitrogens with zero attached hydrogens (tertiary/aromatic N) is 2. The van der Waals surface area contributed by atoms with Crippen LogP contribution in [0, 0.1) is 0 Å². The Kier molecular flexibility index (Phi) is 5.87. The molecular formula is C21H20ClN3O. The van der Waals surface area contributed by atoms with Gasteiger partial charge in [0, 0.05) is 30.0 Å². The molecule has 132 valence electrons. The van der Waals surface area contributed by atoms with Gasteiger partial charge in [0.1, 0.15) is 5.82 Å². The SMILES string of the molecule is CCN(c1ccccc1)c1ccc(C(=O)NCc2ccccc2Cl)cn1. The van der Waals surface area contributed by atoms with Crippen LogP contribution in [0.2, 0.25) is 5.02 Å². The largest absolute Gasteiger partial charge is 0.348 e. The number of nitrogens with one attached hydrogen (secondary N) is 1. The van der Waals surface area contributed by atoms with Crippen LogP contribution in [0.1, 0.15) is 22.8 Å². The van der Waals surface area contributed by atoms with E-state index in [-0.39, 0.29) is 5.91 Å². The highest BCUT2D eigenvalue weighted by molar-refractivity contribution is 6.31. The molecule has 0 aliphatic rings. The van der Waals surface area contributed by atoms with Crippen molar-refractivity contribution in [1.29, 1.82) is 0 Å². The van der Waals surface area contributed by atoms with Crippen molar-refractivity contribution in [3.63, 3.8) is 0 Å². The summed E-state index contributed by atoms with van der Waals surface area (Å²) >= 11 is 6.11. The number of carbonyl (C=O) groups excluding carboxylic acids is 1. The third kappa shape index (κ3) is 4.21. The predicted molar refractivity (Wildman–Crippen MR) is 106 cm³/mol. The molecule has 1 amide bonds. The highest BCUT2D eigenvalue weighted by Crippen LogP contribution is 2.22. The van der Waals surface area contributed by atoms with E-state index in [1.54, 1.807) is 12.3 Å². The summed E-state index contributed by atoms with van der Waals surface area (Å²) < 4.78 is 0. The minimum Gasteiger partial charge on any atom is -0.348 e. The first-order valence-corrected chi connectivity index (χ1v) is 8.87. The van der Waals surface area contributed by atoms with Gasteiger partial charge < -0.3 is 10.2 Å². The summed E-state index contributed by atoms with van der Waals surface area (Å²) in [5.74, 6) is 0.632. The van der Waals surface area contributed by atoms with Crippen LogP contribution >= 0.6 is 11.6 Å². The third-order valence-electron chi connectivity index (χ3n) is 4.07. The molecule has 0 bridgehead atoms. The van der Waals surface area contributed by atoms with Crippen LogP contribution in [0.15, 0.2) is 72.9 Å². The van der Waals surface area contributed by atoms with Gasteiger partial charge in [-0.25, -0.2) is 4.98 Å². The molecule has 0 aliphatic carbocycles. The first-order chi connectivity index (χ1) is 12.7. The minimum atomic E-state index is -0.174. The Balaban J connectivity index is 1.68. The Morgan fingerprint density at radius 2 is 1.77 bits per heavy atom. The van der Waals surface area contributed by atoms with E-state index < -0.39 is 0 Å². The molecule has 4 nitrogen and oxygen atoms in total. The predicted octanol–water partition coefficient (Wildman–Crippen LogP) is 4.82. The molecule has 1 heterocycles.